The molecule has 27 heavy (non-hydrogen) atoms. The molecule has 0 atom stereocenters. The lowest BCUT2D eigenvalue weighted by atomic mass is 10.2. The van der Waals surface area contributed by atoms with Gasteiger partial charge in [0.15, 0.2) is 10.9 Å². The molecule has 0 aliphatic carbocycles. The summed E-state index contributed by atoms with van der Waals surface area (Å²) in [7, 11) is 1.90. The van der Waals surface area contributed by atoms with Crippen molar-refractivity contribution in [2.45, 2.75) is 13.0 Å². The molecule has 0 radical (unpaired) electrons. The Balaban J connectivity index is 1.75. The van der Waals surface area contributed by atoms with E-state index in [-0.39, 0.29) is 11.3 Å². The molecule has 0 saturated carbocycles. The fourth-order valence-corrected chi connectivity index (χ4v) is 3.61. The van der Waals surface area contributed by atoms with E-state index in [1.54, 1.807) is 6.33 Å². The molecule has 4 rings (SSSR count). The average Bonchev–Trinajstić information content (AvgIpc) is 3.18. The summed E-state index contributed by atoms with van der Waals surface area (Å²) in [5.74, 6) is -0.121. The normalized spacial score (nSPS) is 11.7. The smallest absolute Gasteiger partial charge is 0.394 e. The van der Waals surface area contributed by atoms with Crippen molar-refractivity contribution in [2.24, 2.45) is 7.05 Å². The van der Waals surface area contributed by atoms with Gasteiger partial charge in [0, 0.05) is 20.0 Å². The molecule has 2 heterocycles. The van der Waals surface area contributed by atoms with Gasteiger partial charge < -0.3 is 14.6 Å². The zero-order valence-electron chi connectivity index (χ0n) is 14.3. The maximum absolute atomic E-state index is 13.4. The first-order chi connectivity index (χ1) is 12.8. The van der Waals surface area contributed by atoms with Crippen LogP contribution in [0.2, 0.25) is 0 Å². The summed E-state index contributed by atoms with van der Waals surface area (Å²) < 4.78 is 34.2. The van der Waals surface area contributed by atoms with Gasteiger partial charge in [0.2, 0.25) is 0 Å². The minimum Gasteiger partial charge on any atom is -0.431 e. The van der Waals surface area contributed by atoms with Crippen molar-refractivity contribution in [2.75, 3.05) is 5.32 Å². The third-order valence-electron chi connectivity index (χ3n) is 3.89. The Hall–Kier alpha value is -3.25. The van der Waals surface area contributed by atoms with E-state index in [1.165, 1.54) is 29.5 Å². The number of nitrogens with one attached hydrogen (secondary N) is 1. The lowest BCUT2D eigenvalue weighted by molar-refractivity contribution is -0.158. The van der Waals surface area contributed by atoms with Crippen LogP contribution in [0.1, 0.15) is 12.5 Å². The number of anilines is 2. The first-order valence-electron chi connectivity index (χ1n) is 7.92. The Morgan fingerprint density at radius 3 is 2.81 bits per heavy atom. The van der Waals surface area contributed by atoms with Gasteiger partial charge in [0.25, 0.3) is 0 Å². The summed E-state index contributed by atoms with van der Waals surface area (Å²) >= 11 is 1.37. The highest BCUT2D eigenvalue weighted by molar-refractivity contribution is 7.22. The summed E-state index contributed by atoms with van der Waals surface area (Å²) in [6.45, 7) is 0.644. The second-order valence-electron chi connectivity index (χ2n) is 6.01. The highest BCUT2D eigenvalue weighted by Gasteiger charge is 2.25. The molecule has 0 fully saturated rings. The molecule has 0 unspecified atom stereocenters. The molecule has 2 aromatic heterocycles. The van der Waals surface area contributed by atoms with Gasteiger partial charge in [0.1, 0.15) is 11.0 Å². The van der Waals surface area contributed by atoms with Crippen molar-refractivity contribution in [1.82, 2.24) is 14.5 Å². The van der Waals surface area contributed by atoms with Gasteiger partial charge in [-0.05, 0) is 24.3 Å². The van der Waals surface area contributed by atoms with Gasteiger partial charge >= 0.3 is 6.11 Å². The number of alkyl halides is 2. The lowest BCUT2D eigenvalue weighted by Gasteiger charge is -2.16. The van der Waals surface area contributed by atoms with Gasteiger partial charge in [-0.15, -0.1) is 0 Å². The van der Waals surface area contributed by atoms with Crippen molar-refractivity contribution in [3.05, 3.63) is 42.2 Å². The number of rotatable bonds is 4. The van der Waals surface area contributed by atoms with Gasteiger partial charge in [-0.1, -0.05) is 11.3 Å². The van der Waals surface area contributed by atoms with Crippen molar-refractivity contribution in [3.63, 3.8) is 0 Å². The zero-order chi connectivity index (χ0) is 19.2. The van der Waals surface area contributed by atoms with Crippen LogP contribution in [-0.2, 0) is 7.05 Å². The summed E-state index contributed by atoms with van der Waals surface area (Å²) in [5.41, 5.74) is 2.98. The number of halogens is 2. The third kappa shape index (κ3) is 3.27. The molecule has 136 valence electrons. The Morgan fingerprint density at radius 2 is 2.07 bits per heavy atom. The van der Waals surface area contributed by atoms with E-state index in [2.05, 4.69) is 15.3 Å². The summed E-state index contributed by atoms with van der Waals surface area (Å²) in [5, 5.41) is 12.5. The largest absolute Gasteiger partial charge is 0.431 e. The number of aryl methyl sites for hydroxylation is 1. The molecule has 0 aliphatic heterocycles. The van der Waals surface area contributed by atoms with Crippen molar-refractivity contribution in [3.8, 4) is 11.8 Å². The predicted molar refractivity (Wildman–Crippen MR) is 99.6 cm³/mol. The highest BCUT2D eigenvalue weighted by Crippen LogP contribution is 2.36. The number of nitrogens with zero attached hydrogens (tertiary/aromatic N) is 4. The molecule has 0 aliphatic rings. The second kappa shape index (κ2) is 6.17. The number of hydrogen-bond donors (Lipinski definition) is 1. The monoisotopic (exact) mass is 385 g/mol. The second-order valence-corrected chi connectivity index (χ2v) is 7.04. The topological polar surface area (TPSA) is 75.8 Å². The first-order valence-corrected chi connectivity index (χ1v) is 8.74. The average molecular weight is 385 g/mol. The molecule has 0 amide bonds. The molecule has 6 nitrogen and oxygen atoms in total. The molecule has 0 bridgehead atoms. The number of ether oxygens (including phenoxy) is 1. The van der Waals surface area contributed by atoms with Crippen LogP contribution < -0.4 is 10.1 Å². The van der Waals surface area contributed by atoms with Gasteiger partial charge in [-0.3, -0.25) is 0 Å². The molecule has 1 N–H and O–H groups in total. The minimum atomic E-state index is -3.38. The highest BCUT2D eigenvalue weighted by atomic mass is 32.1. The number of hydrogen-bond acceptors (Lipinski definition) is 6. The maximum atomic E-state index is 13.4. The Morgan fingerprint density at radius 1 is 1.26 bits per heavy atom. The van der Waals surface area contributed by atoms with E-state index in [0.29, 0.717) is 17.7 Å². The lowest BCUT2D eigenvalue weighted by Crippen LogP contribution is -2.19. The van der Waals surface area contributed by atoms with Crippen LogP contribution in [0.5, 0.6) is 5.75 Å². The van der Waals surface area contributed by atoms with Crippen LogP contribution in [-0.4, -0.2) is 20.6 Å². The fourth-order valence-electron chi connectivity index (χ4n) is 2.73. The Bertz CT molecular complexity index is 1200. The van der Waals surface area contributed by atoms with Crippen LogP contribution in [0.4, 0.5) is 19.6 Å². The van der Waals surface area contributed by atoms with Crippen LogP contribution in [0.3, 0.4) is 0 Å². The van der Waals surface area contributed by atoms with E-state index in [1.807, 2.05) is 29.8 Å². The summed E-state index contributed by atoms with van der Waals surface area (Å²) in [6.07, 6.45) is -1.66. The number of thiazole rings is 1. The zero-order valence-corrected chi connectivity index (χ0v) is 15.1. The Labute approximate surface area is 156 Å². The van der Waals surface area contributed by atoms with Crippen LogP contribution in [0.25, 0.3) is 21.3 Å². The summed E-state index contributed by atoms with van der Waals surface area (Å²) in [6, 6.07) is 10.1. The first kappa shape index (κ1) is 17.2. The van der Waals surface area contributed by atoms with Gasteiger partial charge in [-0.2, -0.15) is 14.0 Å². The SMILES string of the molecule is Cn1cnc2c3nc(Nc4ccc(C#N)cc4OC(C)(F)F)sc3ccc21. The fraction of sp³-hybridized carbons (Fsp3) is 0.167. The van der Waals surface area contributed by atoms with E-state index in [0.717, 1.165) is 21.3 Å². The van der Waals surface area contributed by atoms with E-state index in [4.69, 9.17) is 10.00 Å². The van der Waals surface area contributed by atoms with E-state index >= 15 is 0 Å². The molecule has 2 aromatic carbocycles. The number of benzene rings is 2. The number of fused-ring (bicyclic) bond motifs is 3. The van der Waals surface area contributed by atoms with Gasteiger partial charge in [0.05, 0.1) is 33.9 Å². The van der Waals surface area contributed by atoms with Crippen LogP contribution >= 0.6 is 11.3 Å². The van der Waals surface area contributed by atoms with Crippen molar-refractivity contribution >= 4 is 43.4 Å². The molecular weight excluding hydrogens is 372 g/mol. The third-order valence-corrected chi connectivity index (χ3v) is 4.83. The maximum Gasteiger partial charge on any atom is 0.394 e. The quantitative estimate of drug-likeness (QED) is 0.547. The van der Waals surface area contributed by atoms with Gasteiger partial charge in [-0.25, -0.2) is 9.97 Å². The summed E-state index contributed by atoms with van der Waals surface area (Å²) in [4.78, 5) is 8.93. The van der Waals surface area contributed by atoms with Crippen LogP contribution in [0.15, 0.2) is 36.7 Å². The molecule has 9 heteroatoms. The molecule has 4 aromatic rings. The number of nitriles is 1. The van der Waals surface area contributed by atoms with E-state index < -0.39 is 6.11 Å². The number of imidazole rings is 1. The molecule has 0 spiro atoms. The van der Waals surface area contributed by atoms with Crippen molar-refractivity contribution in [1.29, 1.82) is 5.26 Å². The molecular formula is C18H13F2N5OS. The Kier molecular flexibility index (Phi) is 3.93. The standard InChI is InChI=1S/C18H13F2N5OS/c1-18(19,20)26-13-7-10(8-21)3-4-11(13)23-17-24-16-14(27-17)6-5-12-15(16)22-9-25(12)2/h3-7,9H,1-2H3,(H,23,24). The predicted octanol–water partition coefficient (Wildman–Crippen LogP) is 4.79. The minimum absolute atomic E-state index is 0.121. The molecule has 0 saturated heterocycles. The number of aromatic nitrogens is 3. The van der Waals surface area contributed by atoms with Crippen LogP contribution in [0, 0.1) is 11.3 Å². The van der Waals surface area contributed by atoms with Crippen molar-refractivity contribution < 1.29 is 13.5 Å². The van der Waals surface area contributed by atoms with E-state index in [9.17, 15) is 8.78 Å².